The average molecular weight is 1090 g/mol. The second kappa shape index (κ2) is 27.2. The number of methoxy groups -OCH3 is 2. The maximum absolute atomic E-state index is 14.9. The number of nitrogens with zero attached hydrogens (tertiary/aromatic N) is 2. The van der Waals surface area contributed by atoms with Crippen molar-refractivity contribution in [3.8, 4) is 0 Å². The van der Waals surface area contributed by atoms with E-state index in [1.54, 1.807) is 19.1 Å². The molecule has 0 saturated heterocycles. The van der Waals surface area contributed by atoms with Crippen molar-refractivity contribution in [2.75, 3.05) is 107 Å². The van der Waals surface area contributed by atoms with Crippen molar-refractivity contribution in [2.24, 2.45) is 0 Å². The number of fused-ring (bicyclic) bond motifs is 4. The maximum atomic E-state index is 14.9. The number of imide groups is 2. The third-order valence-electron chi connectivity index (χ3n) is 16.4. The highest BCUT2D eigenvalue weighted by molar-refractivity contribution is 6.45. The zero-order valence-corrected chi connectivity index (χ0v) is 47.3. The highest BCUT2D eigenvalue weighted by Gasteiger charge is 2.40. The summed E-state index contributed by atoms with van der Waals surface area (Å²) in [5.74, 6) is -1.19. The van der Waals surface area contributed by atoms with Gasteiger partial charge in [-0.15, -0.1) is 0 Å². The van der Waals surface area contributed by atoms with Gasteiger partial charge in [-0.2, -0.15) is 0 Å². The van der Waals surface area contributed by atoms with Crippen LogP contribution < -0.4 is 0 Å². The molecular formula is C66H78N2O12. The van der Waals surface area contributed by atoms with E-state index in [-0.39, 0.29) is 44.3 Å². The molecule has 8 aromatic carbocycles. The minimum atomic E-state index is -0.743. The van der Waals surface area contributed by atoms with Gasteiger partial charge < -0.3 is 37.9 Å². The van der Waals surface area contributed by atoms with Crippen molar-refractivity contribution in [3.05, 3.63) is 95.1 Å². The Morgan fingerprint density at radius 3 is 0.887 bits per heavy atom. The summed E-state index contributed by atoms with van der Waals surface area (Å²) >= 11 is 0. The van der Waals surface area contributed by atoms with Crippen molar-refractivity contribution < 1.29 is 57.1 Å². The van der Waals surface area contributed by atoms with Crippen molar-refractivity contribution in [1.82, 2.24) is 9.80 Å². The van der Waals surface area contributed by atoms with E-state index in [9.17, 15) is 19.2 Å². The lowest BCUT2D eigenvalue weighted by molar-refractivity contribution is -0.0276. The van der Waals surface area contributed by atoms with Gasteiger partial charge in [0.25, 0.3) is 23.6 Å². The molecule has 8 aromatic rings. The molecule has 0 saturated carbocycles. The fourth-order valence-corrected chi connectivity index (χ4v) is 12.5. The summed E-state index contributed by atoms with van der Waals surface area (Å²) in [5, 5.41) is 13.4. The number of carbonyl (C=O) groups is 4. The van der Waals surface area contributed by atoms with E-state index in [1.807, 2.05) is 36.4 Å². The maximum Gasteiger partial charge on any atom is 0.261 e. The summed E-state index contributed by atoms with van der Waals surface area (Å²) in [6.45, 7) is 9.23. The van der Waals surface area contributed by atoms with E-state index in [0.717, 1.165) is 109 Å². The van der Waals surface area contributed by atoms with Crippen molar-refractivity contribution >= 4 is 99.0 Å². The van der Waals surface area contributed by atoms with Crippen molar-refractivity contribution in [1.29, 1.82) is 0 Å². The topological polar surface area (TPSA) is 149 Å². The van der Waals surface area contributed by atoms with Crippen molar-refractivity contribution in [2.45, 2.75) is 103 Å². The van der Waals surface area contributed by atoms with Crippen LogP contribution in [0.15, 0.2) is 72.8 Å². The first-order valence-corrected chi connectivity index (χ1v) is 29.3. The van der Waals surface area contributed by atoms with Gasteiger partial charge >= 0.3 is 0 Å². The number of hydrogen-bond donors (Lipinski definition) is 0. The van der Waals surface area contributed by atoms with Crippen LogP contribution >= 0.6 is 0 Å². The minimum Gasteiger partial charge on any atom is -0.382 e. The number of ether oxygens (including phenoxy) is 8. The van der Waals surface area contributed by atoms with Crippen molar-refractivity contribution in [3.63, 3.8) is 0 Å². The Kier molecular flexibility index (Phi) is 19.5. The van der Waals surface area contributed by atoms with Crippen LogP contribution in [0.3, 0.4) is 0 Å². The van der Waals surface area contributed by atoms with Crippen LogP contribution in [0.4, 0.5) is 0 Å². The Balaban J connectivity index is 0.953. The Labute approximate surface area is 468 Å². The predicted molar refractivity (Wildman–Crippen MR) is 315 cm³/mol. The summed E-state index contributed by atoms with van der Waals surface area (Å²) in [4.78, 5) is 62.4. The van der Waals surface area contributed by atoms with E-state index < -0.39 is 17.9 Å². The van der Waals surface area contributed by atoms with E-state index >= 15 is 0 Å². The molecule has 0 spiro atoms. The smallest absolute Gasteiger partial charge is 0.261 e. The third-order valence-corrected chi connectivity index (χ3v) is 16.4. The molecule has 0 fully saturated rings. The molecule has 10 rings (SSSR count). The molecule has 80 heavy (non-hydrogen) atoms. The Morgan fingerprint density at radius 1 is 0.312 bits per heavy atom. The Bertz CT molecular complexity index is 3240. The van der Waals surface area contributed by atoms with Gasteiger partial charge in [0.2, 0.25) is 0 Å². The summed E-state index contributed by atoms with van der Waals surface area (Å²) in [7, 11) is 3.25. The fourth-order valence-electron chi connectivity index (χ4n) is 12.5. The zero-order chi connectivity index (χ0) is 55.5. The van der Waals surface area contributed by atoms with Crippen LogP contribution in [-0.4, -0.2) is 152 Å². The summed E-state index contributed by atoms with van der Waals surface area (Å²) < 4.78 is 44.6. The van der Waals surface area contributed by atoms with E-state index in [2.05, 4.69) is 50.2 Å². The van der Waals surface area contributed by atoms with Gasteiger partial charge in [0.1, 0.15) is 0 Å². The average Bonchev–Trinajstić information content (AvgIpc) is 3.67. The van der Waals surface area contributed by atoms with Crippen LogP contribution in [-0.2, 0) is 37.9 Å². The summed E-state index contributed by atoms with van der Waals surface area (Å²) in [6, 6.07) is 23.6. The molecule has 0 N–H and O–H groups in total. The lowest BCUT2D eigenvalue weighted by atomic mass is 9.80. The normalized spacial score (nSPS) is 14.0. The molecule has 0 atom stereocenters. The monoisotopic (exact) mass is 1090 g/mol. The molecule has 2 aliphatic rings. The van der Waals surface area contributed by atoms with Gasteiger partial charge in [0, 0.05) is 53.3 Å². The van der Waals surface area contributed by atoms with Crippen LogP contribution in [0.25, 0.3) is 75.4 Å². The highest BCUT2D eigenvalue weighted by Crippen LogP contribution is 2.50. The first-order valence-electron chi connectivity index (χ1n) is 29.3. The van der Waals surface area contributed by atoms with Gasteiger partial charge in [0.15, 0.2) is 0 Å². The standard InChI is InChI=1S/C66H78N2O12/c1-5-7-9-11-13-15-43(16-14-12-10-8-6-2)67-63(69)53-25-21-49-45-17-19-47-51-23-27-55-62-56(28-24-52(60(51)62)48-20-18-46(57(45)58(47)48)50-22-26-54(64(67)70)61(53)59(49)50)66(72)68(65(55)71)44(41-79-39-37-77-35-33-75-31-29-73-3)42-80-40-38-78-36-34-76-32-30-74-4/h17-28,43-44H,5-16,29-42H2,1-4H3. The van der Waals surface area contributed by atoms with Gasteiger partial charge in [-0.05, 0) is 102 Å². The third kappa shape index (κ3) is 11.5. The highest BCUT2D eigenvalue weighted by atomic mass is 16.6. The van der Waals surface area contributed by atoms with Gasteiger partial charge in [-0.3, -0.25) is 29.0 Å². The molecule has 0 bridgehead atoms. The largest absolute Gasteiger partial charge is 0.382 e. The minimum absolute atomic E-state index is 0.0393. The molecule has 2 heterocycles. The molecule has 14 heteroatoms. The second-order valence-corrected chi connectivity index (χ2v) is 21.5. The Hall–Kier alpha value is -5.94. The molecule has 0 aromatic heterocycles. The quantitative estimate of drug-likeness (QED) is 0.0159. The predicted octanol–water partition coefficient (Wildman–Crippen LogP) is 12.7. The first kappa shape index (κ1) is 57.3. The van der Waals surface area contributed by atoms with Crippen LogP contribution in [0, 0.1) is 0 Å². The number of amides is 4. The first-order chi connectivity index (χ1) is 39.3. The molecule has 0 aliphatic carbocycles. The molecule has 0 radical (unpaired) electrons. The number of hydrogen-bond acceptors (Lipinski definition) is 12. The van der Waals surface area contributed by atoms with E-state index in [0.29, 0.717) is 93.7 Å². The molecular weight excluding hydrogens is 1010 g/mol. The fraction of sp³-hybridized carbons (Fsp3) is 0.485. The number of rotatable bonds is 36. The molecule has 424 valence electrons. The van der Waals surface area contributed by atoms with Crippen LogP contribution in [0.2, 0.25) is 0 Å². The number of benzene rings is 8. The SMILES string of the molecule is CCCCCCCC(CCCCCCC)N1C(=O)c2ccc3c4ccc5c6ccc7c8c(ccc(c9ccc(c%10ccc(c2c3%10)C1=O)c4c59)c86)C(=O)N(C(COCCOCCOCCOC)COCCOCCOCCOC)C7=O. The van der Waals surface area contributed by atoms with E-state index in [1.165, 1.54) is 43.4 Å². The number of carbonyl (C=O) groups excluding carboxylic acids is 4. The van der Waals surface area contributed by atoms with Gasteiger partial charge in [0.05, 0.1) is 98.5 Å². The van der Waals surface area contributed by atoms with Crippen LogP contribution in [0.5, 0.6) is 0 Å². The summed E-state index contributed by atoms with van der Waals surface area (Å²) in [5.41, 5.74) is 2.08. The number of unbranched alkanes of at least 4 members (excludes halogenated alkanes) is 8. The molecule has 14 nitrogen and oxygen atoms in total. The second-order valence-electron chi connectivity index (χ2n) is 21.5. The lowest BCUT2D eigenvalue weighted by Gasteiger charge is -2.35. The van der Waals surface area contributed by atoms with Gasteiger partial charge in [-0.25, -0.2) is 0 Å². The van der Waals surface area contributed by atoms with E-state index in [4.69, 9.17) is 37.9 Å². The van der Waals surface area contributed by atoms with Crippen LogP contribution in [0.1, 0.15) is 132 Å². The summed E-state index contributed by atoms with van der Waals surface area (Å²) in [6.07, 6.45) is 13.0. The van der Waals surface area contributed by atoms with Gasteiger partial charge in [-0.1, -0.05) is 127 Å². The Morgan fingerprint density at radius 2 is 0.575 bits per heavy atom. The zero-order valence-electron chi connectivity index (χ0n) is 47.3. The molecule has 0 unspecified atom stereocenters. The molecule has 4 amide bonds. The molecule has 2 aliphatic heterocycles. The lowest BCUT2D eigenvalue weighted by Crippen LogP contribution is -2.51.